The number of hydrogen-bond donors (Lipinski definition) is 0. The lowest BCUT2D eigenvalue weighted by Crippen LogP contribution is -2.41. The summed E-state index contributed by atoms with van der Waals surface area (Å²) in [7, 11) is 0. The number of carbonyl (C=O) groups is 1. The van der Waals surface area contributed by atoms with Crippen molar-refractivity contribution in [3.8, 4) is 0 Å². The van der Waals surface area contributed by atoms with Crippen LogP contribution in [-0.2, 0) is 10.9 Å². The summed E-state index contributed by atoms with van der Waals surface area (Å²) < 4.78 is 46.0. The summed E-state index contributed by atoms with van der Waals surface area (Å²) in [6.07, 6.45) is -4.68. The lowest BCUT2D eigenvalue weighted by molar-refractivity contribution is -0.137. The Bertz CT molecular complexity index is 652. The summed E-state index contributed by atoms with van der Waals surface area (Å²) in [6.45, 7) is 10.4. The van der Waals surface area contributed by atoms with E-state index < -0.39 is 23.2 Å². The molecular formula is C17H22F3NO2S2. The first-order valence-electron chi connectivity index (χ1n) is 7.64. The molecular weight excluding hydrogens is 371 g/mol. The van der Waals surface area contributed by atoms with Gasteiger partial charge in [0.15, 0.2) is 0 Å². The zero-order valence-corrected chi connectivity index (χ0v) is 16.7. The Labute approximate surface area is 156 Å². The minimum Gasteiger partial charge on any atom is -0.475 e. The van der Waals surface area contributed by atoms with Crippen LogP contribution in [0.25, 0.3) is 0 Å². The van der Waals surface area contributed by atoms with E-state index in [4.69, 9.17) is 17.0 Å². The van der Waals surface area contributed by atoms with Crippen LogP contribution in [0, 0.1) is 6.92 Å². The number of amides is 1. The number of hydrogen-bond acceptors (Lipinski definition) is 4. The van der Waals surface area contributed by atoms with E-state index in [1.165, 1.54) is 17.3 Å². The van der Waals surface area contributed by atoms with Crippen molar-refractivity contribution < 1.29 is 22.7 Å². The Morgan fingerprint density at radius 1 is 1.20 bits per heavy atom. The maximum absolute atomic E-state index is 13.0. The Morgan fingerprint density at radius 3 is 2.20 bits per heavy atom. The number of alkyl halides is 3. The average Bonchev–Trinajstić information content (AvgIpc) is 2.40. The lowest BCUT2D eigenvalue weighted by Gasteiger charge is -2.34. The highest BCUT2D eigenvalue weighted by molar-refractivity contribution is 8.21. The van der Waals surface area contributed by atoms with Crippen LogP contribution in [0.2, 0.25) is 0 Å². The van der Waals surface area contributed by atoms with Gasteiger partial charge in [0.25, 0.3) is 5.91 Å². The van der Waals surface area contributed by atoms with Gasteiger partial charge in [0, 0.05) is 23.1 Å². The Morgan fingerprint density at radius 2 is 1.76 bits per heavy atom. The van der Waals surface area contributed by atoms with Crippen LogP contribution in [0.5, 0.6) is 0 Å². The molecule has 0 unspecified atom stereocenters. The van der Waals surface area contributed by atoms with Crippen molar-refractivity contribution in [2.24, 2.45) is 0 Å². The molecule has 3 nitrogen and oxygen atoms in total. The van der Waals surface area contributed by atoms with E-state index in [-0.39, 0.29) is 16.1 Å². The molecule has 1 rings (SSSR count). The Kier molecular flexibility index (Phi) is 6.92. The quantitative estimate of drug-likeness (QED) is 0.482. The van der Waals surface area contributed by atoms with E-state index in [0.29, 0.717) is 5.56 Å². The summed E-state index contributed by atoms with van der Waals surface area (Å²) in [5, 5.41) is 0. The van der Waals surface area contributed by atoms with Crippen LogP contribution >= 0.6 is 24.2 Å². The van der Waals surface area contributed by atoms with Gasteiger partial charge in [-0.2, -0.15) is 13.2 Å². The van der Waals surface area contributed by atoms with Crippen molar-refractivity contribution in [3.05, 3.63) is 34.9 Å². The monoisotopic (exact) mass is 393 g/mol. The highest BCUT2D eigenvalue weighted by Gasteiger charge is 2.34. The van der Waals surface area contributed by atoms with Gasteiger partial charge in [-0.05, 0) is 77.5 Å². The predicted octanol–water partition coefficient (Wildman–Crippen LogP) is 5.61. The van der Waals surface area contributed by atoms with Gasteiger partial charge in [0.1, 0.15) is 0 Å². The van der Waals surface area contributed by atoms with Gasteiger partial charge >= 0.3 is 6.18 Å². The number of benzene rings is 1. The molecule has 0 aromatic heterocycles. The van der Waals surface area contributed by atoms with Crippen molar-refractivity contribution in [3.63, 3.8) is 0 Å². The summed E-state index contributed by atoms with van der Waals surface area (Å²) in [5.74, 6) is -0.554. The number of nitrogens with zero attached hydrogens (tertiary/aromatic N) is 1. The lowest BCUT2D eigenvalue weighted by atomic mass is 10.0. The first kappa shape index (κ1) is 21.8. The van der Waals surface area contributed by atoms with Gasteiger partial charge in [-0.3, -0.25) is 9.10 Å². The molecule has 0 atom stereocenters. The molecule has 0 aliphatic carbocycles. The maximum atomic E-state index is 13.0. The number of aryl methyl sites for hydroxylation is 1. The highest BCUT2D eigenvalue weighted by atomic mass is 32.2. The van der Waals surface area contributed by atoms with Crippen molar-refractivity contribution in [2.45, 2.75) is 59.4 Å². The largest absolute Gasteiger partial charge is 0.475 e. The number of thiocarbonyl (C=S) groups is 1. The summed E-state index contributed by atoms with van der Waals surface area (Å²) in [4.78, 5) is 12.9. The molecule has 8 heteroatoms. The first-order chi connectivity index (χ1) is 11.2. The highest BCUT2D eigenvalue weighted by Crippen LogP contribution is 2.33. The molecule has 0 N–H and O–H groups in total. The van der Waals surface area contributed by atoms with Crippen molar-refractivity contribution in [2.75, 3.05) is 0 Å². The molecule has 140 valence electrons. The predicted molar refractivity (Wildman–Crippen MR) is 98.5 cm³/mol. The van der Waals surface area contributed by atoms with E-state index in [2.05, 4.69) is 0 Å². The maximum Gasteiger partial charge on any atom is 0.416 e. The van der Waals surface area contributed by atoms with Crippen molar-refractivity contribution >= 4 is 34.5 Å². The molecule has 0 spiro atoms. The third-order valence-corrected chi connectivity index (χ3v) is 4.40. The van der Waals surface area contributed by atoms with Gasteiger partial charge in [0.05, 0.1) is 11.7 Å². The third-order valence-electron chi connectivity index (χ3n) is 2.94. The molecule has 0 bridgehead atoms. The van der Waals surface area contributed by atoms with Crippen LogP contribution in [0.1, 0.15) is 56.1 Å². The topological polar surface area (TPSA) is 29.5 Å². The number of ether oxygens (including phenoxy) is 1. The van der Waals surface area contributed by atoms with Gasteiger partial charge in [-0.25, -0.2) is 0 Å². The SMILES string of the molecule is Cc1cc(C(=O)N(SC(=S)OC(C)C)C(C)(C)C)cc(C(F)(F)F)c1. The van der Waals surface area contributed by atoms with Gasteiger partial charge in [-0.15, -0.1) is 0 Å². The van der Waals surface area contributed by atoms with Crippen molar-refractivity contribution in [1.82, 2.24) is 4.31 Å². The normalized spacial score (nSPS) is 12.2. The Hall–Kier alpha value is -1.28. The second kappa shape index (κ2) is 7.95. The molecule has 0 aliphatic heterocycles. The number of rotatable bonds is 2. The zero-order chi connectivity index (χ0) is 19.6. The molecule has 0 radical (unpaired) electrons. The number of carbonyl (C=O) groups excluding carboxylic acids is 1. The molecule has 0 saturated carbocycles. The van der Waals surface area contributed by atoms with Crippen LogP contribution in [-0.4, -0.2) is 26.2 Å². The van der Waals surface area contributed by atoms with E-state index in [9.17, 15) is 18.0 Å². The standard InChI is InChI=1S/C17H22F3NO2S2/c1-10(2)23-15(24)25-21(16(4,5)6)14(22)12-7-11(3)8-13(9-12)17(18,19)20/h7-10H,1-6H3. The summed E-state index contributed by atoms with van der Waals surface area (Å²) in [5.41, 5.74) is -1.20. The third kappa shape index (κ3) is 6.51. The fraction of sp³-hybridized carbons (Fsp3) is 0.529. The summed E-state index contributed by atoms with van der Waals surface area (Å²) in [6, 6.07) is 3.31. The molecule has 1 aromatic rings. The first-order valence-corrected chi connectivity index (χ1v) is 8.82. The van der Waals surface area contributed by atoms with E-state index >= 15 is 0 Å². The van der Waals surface area contributed by atoms with Crippen LogP contribution in [0.15, 0.2) is 18.2 Å². The molecule has 1 amide bonds. The summed E-state index contributed by atoms with van der Waals surface area (Å²) >= 11 is 6.04. The van der Waals surface area contributed by atoms with Gasteiger partial charge in [-0.1, -0.05) is 0 Å². The van der Waals surface area contributed by atoms with Gasteiger partial charge < -0.3 is 4.74 Å². The zero-order valence-electron chi connectivity index (χ0n) is 15.0. The average molecular weight is 393 g/mol. The van der Waals surface area contributed by atoms with Crippen LogP contribution < -0.4 is 0 Å². The van der Waals surface area contributed by atoms with Crippen molar-refractivity contribution in [1.29, 1.82) is 0 Å². The fourth-order valence-electron chi connectivity index (χ4n) is 1.96. The minimum absolute atomic E-state index is 0.0397. The fourth-order valence-corrected chi connectivity index (χ4v) is 3.22. The molecule has 25 heavy (non-hydrogen) atoms. The van der Waals surface area contributed by atoms with Crippen LogP contribution in [0.3, 0.4) is 0 Å². The second-order valence-corrected chi connectivity index (χ2v) is 8.41. The molecule has 0 aliphatic rings. The molecule has 0 heterocycles. The van der Waals surface area contributed by atoms with E-state index in [1.807, 2.05) is 0 Å². The molecule has 0 fully saturated rings. The van der Waals surface area contributed by atoms with E-state index in [0.717, 1.165) is 24.1 Å². The smallest absolute Gasteiger partial charge is 0.416 e. The second-order valence-electron chi connectivity index (χ2n) is 6.86. The molecule has 1 aromatic carbocycles. The number of halogens is 3. The Balaban J connectivity index is 3.22. The van der Waals surface area contributed by atoms with E-state index in [1.54, 1.807) is 34.6 Å². The molecule has 0 saturated heterocycles. The van der Waals surface area contributed by atoms with Gasteiger partial charge in [0.2, 0.25) is 4.38 Å². The van der Waals surface area contributed by atoms with Crippen LogP contribution in [0.4, 0.5) is 13.2 Å². The minimum atomic E-state index is -4.52.